The van der Waals surface area contributed by atoms with Gasteiger partial charge in [0, 0.05) is 5.69 Å². The van der Waals surface area contributed by atoms with Gasteiger partial charge in [-0.15, -0.1) is 0 Å². The van der Waals surface area contributed by atoms with Gasteiger partial charge in [-0.25, -0.2) is 4.39 Å². The van der Waals surface area contributed by atoms with Crippen LogP contribution < -0.4 is 5.32 Å². The van der Waals surface area contributed by atoms with Gasteiger partial charge in [0.05, 0.1) is 11.8 Å². The van der Waals surface area contributed by atoms with Crippen molar-refractivity contribution in [3.63, 3.8) is 0 Å². The molecule has 6 heteroatoms. The van der Waals surface area contributed by atoms with Gasteiger partial charge in [-0.05, 0) is 37.5 Å². The Labute approximate surface area is 133 Å². The average Bonchev–Trinajstić information content (AvgIpc) is 2.76. The van der Waals surface area contributed by atoms with Crippen LogP contribution in [0.5, 0.6) is 0 Å². The zero-order valence-corrected chi connectivity index (χ0v) is 12.7. The molecule has 3 amide bonds. The second kappa shape index (κ2) is 5.95. The molecule has 1 heterocycles. The molecule has 0 aromatic heterocycles. The number of carbonyl (C=O) groups is 3. The molecule has 120 valence electrons. The number of benzene rings is 1. The third-order valence-corrected chi connectivity index (χ3v) is 4.37. The van der Waals surface area contributed by atoms with Gasteiger partial charge in [0.2, 0.25) is 17.7 Å². The van der Waals surface area contributed by atoms with Crippen molar-refractivity contribution in [2.24, 2.45) is 11.8 Å². The van der Waals surface area contributed by atoms with Gasteiger partial charge in [0.1, 0.15) is 12.4 Å². The lowest BCUT2D eigenvalue weighted by molar-refractivity contribution is -0.142. The van der Waals surface area contributed by atoms with E-state index in [-0.39, 0.29) is 30.2 Å². The fraction of sp³-hybridized carbons (Fsp3) is 0.353. The second-order valence-corrected chi connectivity index (χ2v) is 5.93. The van der Waals surface area contributed by atoms with Gasteiger partial charge in [-0.1, -0.05) is 18.2 Å². The normalized spacial score (nSPS) is 23.1. The van der Waals surface area contributed by atoms with E-state index in [2.05, 4.69) is 5.32 Å². The summed E-state index contributed by atoms with van der Waals surface area (Å²) < 4.78 is 13.3. The fourth-order valence-electron chi connectivity index (χ4n) is 3.09. The van der Waals surface area contributed by atoms with E-state index in [4.69, 9.17) is 0 Å². The van der Waals surface area contributed by atoms with Crippen LogP contribution in [0.4, 0.5) is 10.1 Å². The lowest BCUT2D eigenvalue weighted by Crippen LogP contribution is -2.38. The molecular weight excluding hydrogens is 299 g/mol. The van der Waals surface area contributed by atoms with E-state index >= 15 is 0 Å². The molecule has 0 saturated carbocycles. The summed E-state index contributed by atoms with van der Waals surface area (Å²) in [6.07, 6.45) is 4.87. The highest BCUT2D eigenvalue weighted by Gasteiger charge is 2.47. The van der Waals surface area contributed by atoms with E-state index in [1.165, 1.54) is 12.1 Å². The molecule has 23 heavy (non-hydrogen) atoms. The Hall–Kier alpha value is -2.50. The molecular formula is C17H17FN2O3. The summed E-state index contributed by atoms with van der Waals surface area (Å²) in [5.41, 5.74) is 1.05. The van der Waals surface area contributed by atoms with Crippen LogP contribution in [-0.4, -0.2) is 29.2 Å². The van der Waals surface area contributed by atoms with Crippen LogP contribution in [0.15, 0.2) is 30.4 Å². The van der Waals surface area contributed by atoms with E-state index in [1.54, 1.807) is 13.0 Å². The summed E-state index contributed by atoms with van der Waals surface area (Å²) in [7, 11) is 0. The smallest absolute Gasteiger partial charge is 0.244 e. The molecule has 1 saturated heterocycles. The molecule has 1 aromatic carbocycles. The molecule has 5 nitrogen and oxygen atoms in total. The average molecular weight is 316 g/mol. The quantitative estimate of drug-likeness (QED) is 0.685. The van der Waals surface area contributed by atoms with Crippen LogP contribution >= 0.6 is 0 Å². The highest BCUT2D eigenvalue weighted by atomic mass is 19.1. The van der Waals surface area contributed by atoms with E-state index in [0.29, 0.717) is 24.1 Å². The number of nitrogens with zero attached hydrogens (tertiary/aromatic N) is 1. The topological polar surface area (TPSA) is 66.5 Å². The van der Waals surface area contributed by atoms with Crippen molar-refractivity contribution in [1.29, 1.82) is 0 Å². The van der Waals surface area contributed by atoms with Crippen LogP contribution in [0.25, 0.3) is 0 Å². The number of nitrogens with one attached hydrogen (secondary N) is 1. The molecule has 0 spiro atoms. The lowest BCUT2D eigenvalue weighted by atomic mass is 9.85. The molecule has 3 rings (SSSR count). The summed E-state index contributed by atoms with van der Waals surface area (Å²) >= 11 is 0. The van der Waals surface area contributed by atoms with Gasteiger partial charge >= 0.3 is 0 Å². The maximum absolute atomic E-state index is 13.3. The van der Waals surface area contributed by atoms with Gasteiger partial charge in [0.15, 0.2) is 0 Å². The lowest BCUT2D eigenvalue weighted by Gasteiger charge is -2.15. The van der Waals surface area contributed by atoms with E-state index < -0.39 is 11.7 Å². The fourth-order valence-corrected chi connectivity index (χ4v) is 3.09. The predicted molar refractivity (Wildman–Crippen MR) is 81.8 cm³/mol. The highest BCUT2D eigenvalue weighted by Crippen LogP contribution is 2.34. The van der Waals surface area contributed by atoms with Crippen LogP contribution in [-0.2, 0) is 14.4 Å². The summed E-state index contributed by atoms with van der Waals surface area (Å²) in [5.74, 6) is -2.26. The van der Waals surface area contributed by atoms with Crippen molar-refractivity contribution in [2.75, 3.05) is 11.9 Å². The van der Waals surface area contributed by atoms with Crippen molar-refractivity contribution in [3.05, 3.63) is 41.7 Å². The van der Waals surface area contributed by atoms with E-state index in [0.717, 1.165) is 4.90 Å². The minimum Gasteiger partial charge on any atom is -0.324 e. The molecule has 1 aromatic rings. The highest BCUT2D eigenvalue weighted by molar-refractivity contribution is 6.08. The Balaban J connectivity index is 1.70. The molecule has 2 aliphatic rings. The maximum Gasteiger partial charge on any atom is 0.244 e. The number of amides is 3. The molecule has 0 unspecified atom stereocenters. The first kappa shape index (κ1) is 15.4. The third-order valence-electron chi connectivity index (χ3n) is 4.37. The Morgan fingerprint density at radius 2 is 1.83 bits per heavy atom. The number of likely N-dealkylation sites (tertiary alicyclic amines) is 1. The van der Waals surface area contributed by atoms with Crippen molar-refractivity contribution in [2.45, 2.75) is 19.8 Å². The number of fused-ring (bicyclic) bond motifs is 1. The molecule has 1 N–H and O–H groups in total. The number of carbonyl (C=O) groups excluding carboxylic acids is 3. The van der Waals surface area contributed by atoms with Gasteiger partial charge in [-0.2, -0.15) is 0 Å². The van der Waals surface area contributed by atoms with Crippen molar-refractivity contribution < 1.29 is 18.8 Å². The van der Waals surface area contributed by atoms with Crippen LogP contribution in [0.2, 0.25) is 0 Å². The minimum atomic E-state index is -0.507. The van der Waals surface area contributed by atoms with E-state index in [9.17, 15) is 18.8 Å². The number of allylic oxidation sites excluding steroid dienone is 2. The summed E-state index contributed by atoms with van der Waals surface area (Å²) in [6, 6.07) is 4.07. The molecule has 1 aliphatic heterocycles. The van der Waals surface area contributed by atoms with Crippen LogP contribution in [0.3, 0.4) is 0 Å². The monoisotopic (exact) mass is 316 g/mol. The van der Waals surface area contributed by atoms with Crippen LogP contribution in [0, 0.1) is 24.6 Å². The minimum absolute atomic E-state index is 0.296. The predicted octanol–water partition coefficient (Wildman–Crippen LogP) is 2.02. The van der Waals surface area contributed by atoms with Gasteiger partial charge in [0.25, 0.3) is 0 Å². The molecule has 0 radical (unpaired) electrons. The second-order valence-electron chi connectivity index (χ2n) is 5.93. The van der Waals surface area contributed by atoms with Crippen molar-refractivity contribution in [1.82, 2.24) is 4.90 Å². The zero-order chi connectivity index (χ0) is 16.6. The number of rotatable bonds is 3. The standard InChI is InChI=1S/C17H17FN2O3/c1-10-6-7-11(18)8-14(10)19-15(21)9-20-16(22)12-4-2-3-5-13(12)17(20)23/h2-3,6-8,12-13H,4-5,9H2,1H3,(H,19,21)/t12-,13-/m1/s1. The largest absolute Gasteiger partial charge is 0.324 e. The van der Waals surface area contributed by atoms with Gasteiger partial charge < -0.3 is 5.32 Å². The number of hydrogen-bond acceptors (Lipinski definition) is 3. The van der Waals surface area contributed by atoms with Gasteiger partial charge in [-0.3, -0.25) is 19.3 Å². The maximum atomic E-state index is 13.3. The number of hydrogen-bond donors (Lipinski definition) is 1. The molecule has 1 fully saturated rings. The van der Waals surface area contributed by atoms with Crippen molar-refractivity contribution in [3.8, 4) is 0 Å². The van der Waals surface area contributed by atoms with Crippen LogP contribution in [0.1, 0.15) is 18.4 Å². The Kier molecular flexibility index (Phi) is 3.98. The molecule has 1 aliphatic carbocycles. The zero-order valence-electron chi connectivity index (χ0n) is 12.7. The summed E-state index contributed by atoms with van der Waals surface area (Å²) in [4.78, 5) is 37.7. The Bertz CT molecular complexity index is 688. The molecule has 2 atom stereocenters. The third kappa shape index (κ3) is 2.88. The number of aryl methyl sites for hydroxylation is 1. The Morgan fingerprint density at radius 3 is 2.43 bits per heavy atom. The first-order chi connectivity index (χ1) is 11.0. The number of halogens is 1. The SMILES string of the molecule is Cc1ccc(F)cc1NC(=O)CN1C(=O)[C@@H]2CC=CC[C@H]2C1=O. The van der Waals surface area contributed by atoms with E-state index in [1.807, 2.05) is 12.2 Å². The summed E-state index contributed by atoms with van der Waals surface area (Å²) in [5, 5.41) is 2.56. The number of anilines is 1. The Morgan fingerprint density at radius 1 is 1.22 bits per heavy atom. The molecule has 0 bridgehead atoms. The first-order valence-corrected chi connectivity index (χ1v) is 7.53. The van der Waals surface area contributed by atoms with Crippen molar-refractivity contribution >= 4 is 23.4 Å². The number of imide groups is 1. The first-order valence-electron chi connectivity index (χ1n) is 7.53. The summed E-state index contributed by atoms with van der Waals surface area (Å²) in [6.45, 7) is 1.40.